The lowest BCUT2D eigenvalue weighted by Gasteiger charge is -2.24. The van der Waals surface area contributed by atoms with Crippen LogP contribution in [0.4, 0.5) is 0 Å². The third kappa shape index (κ3) is 49.7. The van der Waals surface area contributed by atoms with E-state index < -0.39 is 13.9 Å². The number of ether oxygens (including phenoxy) is 2. The first-order valence-electron chi connectivity index (χ1n) is 26.2. The molecule has 62 heavy (non-hydrogen) atoms. The molecular formula is C53H103NO7P+. The fraction of sp³-hybridized carbons (Fsp3) is 0.868. The average molecular weight is 897 g/mol. The molecule has 0 spiro atoms. The van der Waals surface area contributed by atoms with Gasteiger partial charge in [0.15, 0.2) is 0 Å². The van der Waals surface area contributed by atoms with E-state index in [1.54, 1.807) is 0 Å². The van der Waals surface area contributed by atoms with Crippen LogP contribution in [0.2, 0.25) is 0 Å². The predicted molar refractivity (Wildman–Crippen MR) is 266 cm³/mol. The van der Waals surface area contributed by atoms with E-state index in [1.165, 1.54) is 161 Å². The Morgan fingerprint density at radius 3 is 1.34 bits per heavy atom. The maximum Gasteiger partial charge on any atom is 0.472 e. The van der Waals surface area contributed by atoms with Crippen molar-refractivity contribution in [1.29, 1.82) is 0 Å². The molecule has 0 aliphatic carbocycles. The van der Waals surface area contributed by atoms with Crippen molar-refractivity contribution in [2.45, 2.75) is 245 Å². The Kier molecular flexibility index (Phi) is 45.3. The van der Waals surface area contributed by atoms with Crippen molar-refractivity contribution in [3.8, 4) is 0 Å². The summed E-state index contributed by atoms with van der Waals surface area (Å²) < 4.78 is 35.1. The van der Waals surface area contributed by atoms with E-state index in [0.29, 0.717) is 24.1 Å². The molecule has 0 aromatic rings. The molecule has 0 radical (unpaired) electrons. The molecule has 8 nitrogen and oxygen atoms in total. The molecule has 0 aromatic heterocycles. The van der Waals surface area contributed by atoms with E-state index in [0.717, 1.165) is 57.8 Å². The molecule has 0 amide bonds. The predicted octanol–water partition coefficient (Wildman–Crippen LogP) is 16.1. The molecule has 366 valence electrons. The first-order chi connectivity index (χ1) is 30.1. The molecule has 0 aliphatic rings. The van der Waals surface area contributed by atoms with Gasteiger partial charge in [-0.3, -0.25) is 13.8 Å². The first-order valence-corrected chi connectivity index (χ1v) is 27.7. The summed E-state index contributed by atoms with van der Waals surface area (Å²) in [5, 5.41) is 0. The fourth-order valence-corrected chi connectivity index (χ4v) is 8.09. The van der Waals surface area contributed by atoms with Crippen LogP contribution in [0.15, 0.2) is 36.5 Å². The summed E-state index contributed by atoms with van der Waals surface area (Å²) >= 11 is 0. The molecule has 2 unspecified atom stereocenters. The van der Waals surface area contributed by atoms with E-state index in [9.17, 15) is 14.3 Å². The Hall–Kier alpha value is -1.28. The van der Waals surface area contributed by atoms with Crippen molar-refractivity contribution in [2.24, 2.45) is 0 Å². The molecule has 1 N–H and O–H groups in total. The Labute approximate surface area is 385 Å². The molecule has 0 heterocycles. The number of esters is 1. The second-order valence-electron chi connectivity index (χ2n) is 18.9. The van der Waals surface area contributed by atoms with Gasteiger partial charge in [-0.15, -0.1) is 0 Å². The molecular weight excluding hydrogens is 794 g/mol. The Balaban J connectivity index is 4.10. The van der Waals surface area contributed by atoms with Gasteiger partial charge in [0, 0.05) is 13.0 Å². The van der Waals surface area contributed by atoms with Crippen LogP contribution in [0.3, 0.4) is 0 Å². The Bertz CT molecular complexity index is 1090. The molecule has 0 aromatic carbocycles. The molecule has 0 bridgehead atoms. The molecule has 0 saturated heterocycles. The van der Waals surface area contributed by atoms with Crippen LogP contribution in [-0.4, -0.2) is 75.6 Å². The van der Waals surface area contributed by atoms with E-state index >= 15 is 0 Å². The number of carbonyl (C=O) groups excluding carboxylic acids is 1. The molecule has 0 rings (SSSR count). The minimum Gasteiger partial charge on any atom is -0.457 e. The summed E-state index contributed by atoms with van der Waals surface area (Å²) in [6.07, 6.45) is 56.2. The van der Waals surface area contributed by atoms with Crippen LogP contribution < -0.4 is 0 Å². The van der Waals surface area contributed by atoms with Crippen LogP contribution in [-0.2, 0) is 27.9 Å². The smallest absolute Gasteiger partial charge is 0.457 e. The fourth-order valence-electron chi connectivity index (χ4n) is 7.34. The van der Waals surface area contributed by atoms with Crippen LogP contribution in [0, 0.1) is 0 Å². The van der Waals surface area contributed by atoms with Gasteiger partial charge in [-0.25, -0.2) is 4.57 Å². The summed E-state index contributed by atoms with van der Waals surface area (Å²) in [4.78, 5) is 23.0. The number of allylic oxidation sites excluding steroid dienone is 6. The number of nitrogens with zero attached hydrogens (tertiary/aromatic N) is 1. The number of phosphoric ester groups is 1. The third-order valence-electron chi connectivity index (χ3n) is 11.4. The van der Waals surface area contributed by atoms with Crippen LogP contribution in [0.5, 0.6) is 0 Å². The average Bonchev–Trinajstić information content (AvgIpc) is 3.23. The standard InChI is InChI=1S/C53H102NO7P/c1-6-8-10-12-14-16-18-20-22-24-25-26-27-28-29-30-31-33-35-37-39-41-43-45-48-58-50-52(51-60-62(56,57)59-49-47-54(3,4)5)61-53(55)46-44-42-40-38-36-34-32-23-21-19-17-15-13-11-9-7-2/h17,19,23-25,32,52H,6-16,18,20-22,26-31,33-51H2,1-5H3/p+1/b19-17-,25-24-,32-23-. The lowest BCUT2D eigenvalue weighted by molar-refractivity contribution is -0.870. The number of unbranched alkanes of at least 4 members (excludes halogenated alkanes) is 29. The molecule has 0 aliphatic heterocycles. The van der Waals surface area contributed by atoms with Crippen molar-refractivity contribution in [2.75, 3.05) is 54.1 Å². The largest absolute Gasteiger partial charge is 0.472 e. The van der Waals surface area contributed by atoms with E-state index in [2.05, 4.69) is 50.3 Å². The van der Waals surface area contributed by atoms with E-state index in [4.69, 9.17) is 18.5 Å². The van der Waals surface area contributed by atoms with Gasteiger partial charge in [0.25, 0.3) is 0 Å². The molecule has 0 saturated carbocycles. The minimum absolute atomic E-state index is 0.0862. The van der Waals surface area contributed by atoms with Gasteiger partial charge in [0.1, 0.15) is 19.3 Å². The third-order valence-corrected chi connectivity index (χ3v) is 12.4. The Morgan fingerprint density at radius 2 is 0.887 bits per heavy atom. The van der Waals surface area contributed by atoms with Crippen LogP contribution >= 0.6 is 7.82 Å². The van der Waals surface area contributed by atoms with Gasteiger partial charge in [-0.1, -0.05) is 198 Å². The van der Waals surface area contributed by atoms with Crippen LogP contribution in [0.25, 0.3) is 0 Å². The van der Waals surface area contributed by atoms with Crippen LogP contribution in [0.1, 0.15) is 239 Å². The number of quaternary nitrogens is 1. The lowest BCUT2D eigenvalue weighted by atomic mass is 10.0. The van der Waals surface area contributed by atoms with Crippen molar-refractivity contribution >= 4 is 13.8 Å². The van der Waals surface area contributed by atoms with Gasteiger partial charge in [0.2, 0.25) is 0 Å². The highest BCUT2D eigenvalue weighted by atomic mass is 31.2. The lowest BCUT2D eigenvalue weighted by Crippen LogP contribution is -2.37. The molecule has 9 heteroatoms. The normalized spacial score (nSPS) is 13.8. The summed E-state index contributed by atoms with van der Waals surface area (Å²) in [5.41, 5.74) is 0. The maximum atomic E-state index is 12.7. The SMILES string of the molecule is CCCCCC/C=C\C/C=C\CCCCCCCC(=O)OC(COCCCCCCCCCCCCCC/C=C\CCCCCCCCCC)COP(=O)(O)OCC[N+](C)(C)C. The first kappa shape index (κ1) is 60.7. The van der Waals surface area contributed by atoms with Crippen molar-refractivity contribution in [1.82, 2.24) is 0 Å². The number of likely N-dealkylation sites (N-methyl/N-ethyl adjacent to an activating group) is 1. The monoisotopic (exact) mass is 897 g/mol. The zero-order valence-corrected chi connectivity index (χ0v) is 42.5. The summed E-state index contributed by atoms with van der Waals surface area (Å²) in [6.45, 7) is 5.62. The van der Waals surface area contributed by atoms with Crippen molar-refractivity contribution in [3.63, 3.8) is 0 Å². The highest BCUT2D eigenvalue weighted by Gasteiger charge is 2.26. The zero-order valence-electron chi connectivity index (χ0n) is 41.6. The maximum absolute atomic E-state index is 12.7. The zero-order chi connectivity index (χ0) is 45.5. The van der Waals surface area contributed by atoms with Gasteiger partial charge < -0.3 is 18.9 Å². The Morgan fingerprint density at radius 1 is 0.500 bits per heavy atom. The topological polar surface area (TPSA) is 91.3 Å². The van der Waals surface area contributed by atoms with E-state index in [1.807, 2.05) is 21.1 Å². The van der Waals surface area contributed by atoms with Gasteiger partial charge >= 0.3 is 13.8 Å². The molecule has 0 fully saturated rings. The highest BCUT2D eigenvalue weighted by Crippen LogP contribution is 2.43. The highest BCUT2D eigenvalue weighted by molar-refractivity contribution is 7.47. The van der Waals surface area contributed by atoms with Gasteiger partial charge in [0.05, 0.1) is 34.4 Å². The van der Waals surface area contributed by atoms with Crippen molar-refractivity contribution < 1.29 is 37.3 Å². The van der Waals surface area contributed by atoms with E-state index in [-0.39, 0.29) is 25.8 Å². The van der Waals surface area contributed by atoms with Gasteiger partial charge in [-0.2, -0.15) is 0 Å². The molecule has 2 atom stereocenters. The summed E-state index contributed by atoms with van der Waals surface area (Å²) in [5.74, 6) is -0.325. The minimum atomic E-state index is -4.28. The number of carbonyl (C=O) groups is 1. The number of hydrogen-bond acceptors (Lipinski definition) is 6. The summed E-state index contributed by atoms with van der Waals surface area (Å²) in [7, 11) is 1.66. The number of phosphoric acid groups is 1. The second kappa shape index (κ2) is 46.3. The van der Waals surface area contributed by atoms with Gasteiger partial charge in [-0.05, 0) is 70.6 Å². The number of rotatable bonds is 49. The quantitative estimate of drug-likeness (QED) is 0.0214. The number of hydrogen-bond donors (Lipinski definition) is 1. The second-order valence-corrected chi connectivity index (χ2v) is 20.4. The van der Waals surface area contributed by atoms with Crippen molar-refractivity contribution in [3.05, 3.63) is 36.5 Å². The summed E-state index contributed by atoms with van der Waals surface area (Å²) in [6, 6.07) is 0.